The third-order valence-electron chi connectivity index (χ3n) is 4.42. The van der Waals surface area contributed by atoms with Crippen molar-refractivity contribution in [2.24, 2.45) is 10.9 Å². The lowest BCUT2D eigenvalue weighted by Crippen LogP contribution is -2.40. The van der Waals surface area contributed by atoms with Crippen molar-refractivity contribution < 1.29 is 9.47 Å². The Morgan fingerprint density at radius 2 is 2.04 bits per heavy atom. The molecule has 0 atom stereocenters. The first kappa shape index (κ1) is 24.7. The van der Waals surface area contributed by atoms with Gasteiger partial charge in [-0.15, -0.1) is 30.6 Å². The Balaban J connectivity index is 0.00000576. The SMILES string of the molecule is C=CCCCCCN(C)C(=NC)NCCCOCC1CCOCC1.I. The highest BCUT2D eigenvalue weighted by atomic mass is 127. The molecule has 1 rings (SSSR count). The molecule has 0 bridgehead atoms. The Morgan fingerprint density at radius 1 is 1.28 bits per heavy atom. The van der Waals surface area contributed by atoms with E-state index in [9.17, 15) is 0 Å². The van der Waals surface area contributed by atoms with Crippen molar-refractivity contribution in [1.82, 2.24) is 10.2 Å². The number of hydrogen-bond acceptors (Lipinski definition) is 3. The van der Waals surface area contributed by atoms with Crippen LogP contribution < -0.4 is 5.32 Å². The van der Waals surface area contributed by atoms with Crippen LogP contribution in [-0.2, 0) is 9.47 Å². The maximum Gasteiger partial charge on any atom is 0.193 e. The van der Waals surface area contributed by atoms with Crippen LogP contribution in [0.2, 0.25) is 0 Å². The van der Waals surface area contributed by atoms with Crippen LogP contribution in [0, 0.1) is 5.92 Å². The van der Waals surface area contributed by atoms with Gasteiger partial charge < -0.3 is 19.7 Å². The number of guanidine groups is 1. The minimum atomic E-state index is 0. The summed E-state index contributed by atoms with van der Waals surface area (Å²) >= 11 is 0. The first-order valence-corrected chi connectivity index (χ1v) is 9.46. The molecule has 1 heterocycles. The first-order valence-electron chi connectivity index (χ1n) is 9.46. The van der Waals surface area contributed by atoms with Crippen LogP contribution in [0.15, 0.2) is 17.6 Å². The quantitative estimate of drug-likeness (QED) is 0.156. The van der Waals surface area contributed by atoms with Crippen molar-refractivity contribution in [3.63, 3.8) is 0 Å². The van der Waals surface area contributed by atoms with Crippen molar-refractivity contribution in [3.8, 4) is 0 Å². The molecule has 25 heavy (non-hydrogen) atoms. The summed E-state index contributed by atoms with van der Waals surface area (Å²) in [4.78, 5) is 6.56. The van der Waals surface area contributed by atoms with E-state index in [2.05, 4.69) is 28.8 Å². The molecule has 0 amide bonds. The summed E-state index contributed by atoms with van der Waals surface area (Å²) < 4.78 is 11.2. The van der Waals surface area contributed by atoms with Gasteiger partial charge in [0.15, 0.2) is 5.96 Å². The number of nitrogens with zero attached hydrogens (tertiary/aromatic N) is 2. The van der Waals surface area contributed by atoms with Crippen molar-refractivity contribution in [2.45, 2.75) is 44.9 Å². The minimum Gasteiger partial charge on any atom is -0.381 e. The molecule has 0 unspecified atom stereocenters. The molecule has 5 nitrogen and oxygen atoms in total. The summed E-state index contributed by atoms with van der Waals surface area (Å²) in [5.74, 6) is 1.66. The Kier molecular flexibility index (Phi) is 16.9. The van der Waals surface area contributed by atoms with E-state index in [0.717, 1.165) is 71.2 Å². The van der Waals surface area contributed by atoms with E-state index in [-0.39, 0.29) is 24.0 Å². The summed E-state index contributed by atoms with van der Waals surface area (Å²) in [7, 11) is 3.95. The van der Waals surface area contributed by atoms with E-state index in [1.807, 2.05) is 13.1 Å². The number of ether oxygens (including phenoxy) is 2. The third kappa shape index (κ3) is 12.6. The van der Waals surface area contributed by atoms with Crippen LogP contribution in [0.1, 0.15) is 44.9 Å². The Hall–Kier alpha value is -0.340. The smallest absolute Gasteiger partial charge is 0.193 e. The largest absolute Gasteiger partial charge is 0.381 e. The van der Waals surface area contributed by atoms with E-state index in [4.69, 9.17) is 9.47 Å². The highest BCUT2D eigenvalue weighted by Crippen LogP contribution is 2.14. The lowest BCUT2D eigenvalue weighted by molar-refractivity contribution is 0.0203. The normalized spacial score (nSPS) is 15.5. The minimum absolute atomic E-state index is 0. The molecule has 1 N–H and O–H groups in total. The van der Waals surface area contributed by atoms with Gasteiger partial charge in [-0.3, -0.25) is 4.99 Å². The first-order chi connectivity index (χ1) is 11.8. The summed E-state index contributed by atoms with van der Waals surface area (Å²) in [6.45, 7) is 9.18. The zero-order valence-corrected chi connectivity index (χ0v) is 18.5. The second-order valence-corrected chi connectivity index (χ2v) is 6.52. The van der Waals surface area contributed by atoms with E-state index >= 15 is 0 Å². The molecular formula is C19H38IN3O2. The number of hydrogen-bond donors (Lipinski definition) is 1. The molecule has 6 heteroatoms. The summed E-state index contributed by atoms with van der Waals surface area (Å²) in [6, 6.07) is 0. The zero-order chi connectivity index (χ0) is 17.5. The predicted molar refractivity (Wildman–Crippen MR) is 117 cm³/mol. The van der Waals surface area contributed by atoms with Crippen LogP contribution in [0.3, 0.4) is 0 Å². The molecule has 0 aliphatic carbocycles. The predicted octanol–water partition coefficient (Wildman–Crippen LogP) is 3.69. The van der Waals surface area contributed by atoms with Crippen LogP contribution in [0.5, 0.6) is 0 Å². The maximum absolute atomic E-state index is 5.79. The number of allylic oxidation sites excluding steroid dienone is 1. The van der Waals surface area contributed by atoms with Gasteiger partial charge >= 0.3 is 0 Å². The number of rotatable bonds is 12. The molecule has 0 aromatic rings. The van der Waals surface area contributed by atoms with Gasteiger partial charge in [0.1, 0.15) is 0 Å². The average molecular weight is 467 g/mol. The molecule has 0 spiro atoms. The van der Waals surface area contributed by atoms with Crippen LogP contribution in [-0.4, -0.2) is 64.5 Å². The standard InChI is InChI=1S/C19H37N3O2.HI/c1-4-5-6-7-8-13-22(3)19(20-2)21-12-9-14-24-17-18-10-15-23-16-11-18;/h4,18H,1,5-17H2,2-3H3,(H,20,21);1H. The van der Waals surface area contributed by atoms with Crippen molar-refractivity contribution >= 4 is 29.9 Å². The second-order valence-electron chi connectivity index (χ2n) is 6.52. The van der Waals surface area contributed by atoms with Crippen molar-refractivity contribution in [2.75, 3.05) is 53.6 Å². The lowest BCUT2D eigenvalue weighted by atomic mass is 10.0. The van der Waals surface area contributed by atoms with E-state index in [1.165, 1.54) is 19.3 Å². The summed E-state index contributed by atoms with van der Waals surface area (Å²) in [5, 5.41) is 3.42. The molecule has 1 aliphatic heterocycles. The van der Waals surface area contributed by atoms with Crippen molar-refractivity contribution in [1.29, 1.82) is 0 Å². The molecule has 148 valence electrons. The van der Waals surface area contributed by atoms with Gasteiger partial charge in [-0.25, -0.2) is 0 Å². The van der Waals surface area contributed by atoms with E-state index < -0.39 is 0 Å². The fourth-order valence-electron chi connectivity index (χ4n) is 2.84. The van der Waals surface area contributed by atoms with Gasteiger partial charge in [-0.05, 0) is 44.4 Å². The third-order valence-corrected chi connectivity index (χ3v) is 4.42. The highest BCUT2D eigenvalue weighted by Gasteiger charge is 2.13. The second kappa shape index (κ2) is 17.1. The maximum atomic E-state index is 5.79. The molecule has 0 radical (unpaired) electrons. The van der Waals surface area contributed by atoms with Gasteiger partial charge in [0.2, 0.25) is 0 Å². The van der Waals surface area contributed by atoms with Crippen LogP contribution in [0.4, 0.5) is 0 Å². The van der Waals surface area contributed by atoms with Crippen LogP contribution >= 0.6 is 24.0 Å². The lowest BCUT2D eigenvalue weighted by Gasteiger charge is -2.23. The zero-order valence-electron chi connectivity index (χ0n) is 16.2. The number of nitrogens with one attached hydrogen (secondary N) is 1. The molecule has 0 aromatic carbocycles. The number of halogens is 1. The summed E-state index contributed by atoms with van der Waals surface area (Å²) in [5.41, 5.74) is 0. The van der Waals surface area contributed by atoms with Gasteiger partial charge in [0.05, 0.1) is 0 Å². The Labute approximate surface area is 171 Å². The highest BCUT2D eigenvalue weighted by molar-refractivity contribution is 14.0. The molecule has 0 aromatic heterocycles. The monoisotopic (exact) mass is 467 g/mol. The van der Waals surface area contributed by atoms with Gasteiger partial charge in [-0.1, -0.05) is 12.5 Å². The van der Waals surface area contributed by atoms with E-state index in [0.29, 0.717) is 5.92 Å². The number of aliphatic imine (C=N–C) groups is 1. The molecule has 1 fully saturated rings. The molecular weight excluding hydrogens is 429 g/mol. The molecule has 1 aliphatic rings. The molecule has 0 saturated carbocycles. The van der Waals surface area contributed by atoms with Crippen LogP contribution in [0.25, 0.3) is 0 Å². The van der Waals surface area contributed by atoms with Gasteiger partial charge in [0, 0.05) is 53.6 Å². The molecule has 1 saturated heterocycles. The van der Waals surface area contributed by atoms with Crippen molar-refractivity contribution in [3.05, 3.63) is 12.7 Å². The fourth-order valence-corrected chi connectivity index (χ4v) is 2.84. The summed E-state index contributed by atoms with van der Waals surface area (Å²) in [6.07, 6.45) is 10.1. The Morgan fingerprint density at radius 3 is 2.72 bits per heavy atom. The Bertz CT molecular complexity index is 348. The van der Waals surface area contributed by atoms with Gasteiger partial charge in [0.25, 0.3) is 0 Å². The van der Waals surface area contributed by atoms with E-state index in [1.54, 1.807) is 0 Å². The topological polar surface area (TPSA) is 46.1 Å². The van der Waals surface area contributed by atoms with Gasteiger partial charge in [-0.2, -0.15) is 0 Å². The average Bonchev–Trinajstić information content (AvgIpc) is 2.61. The number of unbranched alkanes of at least 4 members (excludes halogenated alkanes) is 3. The fraction of sp³-hybridized carbons (Fsp3) is 0.842.